The second kappa shape index (κ2) is 14.7. The molecule has 0 aliphatic rings. The predicted octanol–water partition coefficient (Wildman–Crippen LogP) is 5.85. The first-order valence-electron chi connectivity index (χ1n) is 13.4. The number of hydrogen-bond donors (Lipinski definition) is 1. The van der Waals surface area contributed by atoms with Gasteiger partial charge in [-0.1, -0.05) is 42.0 Å². The average molecular weight is 524 g/mol. The highest BCUT2D eigenvalue weighted by molar-refractivity contribution is 5.97. The lowest BCUT2D eigenvalue weighted by Gasteiger charge is -2.29. The second-order valence-corrected chi connectivity index (χ2v) is 10.9. The van der Waals surface area contributed by atoms with E-state index in [0.29, 0.717) is 44.2 Å². The van der Waals surface area contributed by atoms with Crippen LogP contribution in [0.3, 0.4) is 0 Å². The molecule has 0 aliphatic heterocycles. The Morgan fingerprint density at radius 1 is 0.947 bits per heavy atom. The van der Waals surface area contributed by atoms with Crippen LogP contribution < -0.4 is 10.5 Å². The van der Waals surface area contributed by atoms with Crippen LogP contribution in [0.15, 0.2) is 58.5 Å². The number of aryl methyl sites for hydroxylation is 2. The monoisotopic (exact) mass is 523 g/mol. The van der Waals surface area contributed by atoms with Gasteiger partial charge in [-0.15, -0.1) is 0 Å². The average Bonchev–Trinajstić information content (AvgIpc) is 2.83. The van der Waals surface area contributed by atoms with Crippen LogP contribution in [0.25, 0.3) is 0 Å². The standard InChI is InChI=1S/C31H45N3O4/c1-8-36-21-20-33-28(22-25-14-12-23(2)13-15-25)34-27(32)11-9-10-24-16-18-26(19-17-24)37-31(6,7)29(35)38-30(3,4)5/h12-19H,8-11,20-22H2,1-7H3,(H2,32,33,34). The Morgan fingerprint density at radius 2 is 1.58 bits per heavy atom. The van der Waals surface area contributed by atoms with Gasteiger partial charge in [-0.05, 0) is 84.6 Å². The summed E-state index contributed by atoms with van der Waals surface area (Å²) in [5.41, 5.74) is 8.17. The summed E-state index contributed by atoms with van der Waals surface area (Å²) in [6.07, 6.45) is 3.01. The summed E-state index contributed by atoms with van der Waals surface area (Å²) in [7, 11) is 0. The minimum absolute atomic E-state index is 0.396. The van der Waals surface area contributed by atoms with Crippen molar-refractivity contribution in [3.05, 3.63) is 65.2 Å². The molecule has 2 aromatic rings. The van der Waals surface area contributed by atoms with Crippen LogP contribution in [0.5, 0.6) is 5.75 Å². The van der Waals surface area contributed by atoms with Gasteiger partial charge >= 0.3 is 5.97 Å². The lowest BCUT2D eigenvalue weighted by Crippen LogP contribution is -2.43. The van der Waals surface area contributed by atoms with E-state index >= 15 is 0 Å². The molecule has 0 fully saturated rings. The molecule has 0 radical (unpaired) electrons. The van der Waals surface area contributed by atoms with Crippen molar-refractivity contribution in [3.63, 3.8) is 0 Å². The van der Waals surface area contributed by atoms with Crippen LogP contribution >= 0.6 is 0 Å². The van der Waals surface area contributed by atoms with Gasteiger partial charge < -0.3 is 19.9 Å². The molecular weight excluding hydrogens is 478 g/mol. The van der Waals surface area contributed by atoms with Crippen molar-refractivity contribution in [1.29, 1.82) is 0 Å². The van der Waals surface area contributed by atoms with E-state index in [1.165, 1.54) is 5.56 Å². The number of carbonyl (C=O) groups is 1. The van der Waals surface area contributed by atoms with E-state index in [-0.39, 0.29) is 0 Å². The zero-order valence-electron chi connectivity index (χ0n) is 24.2. The van der Waals surface area contributed by atoms with Crippen LogP contribution in [0.4, 0.5) is 0 Å². The maximum atomic E-state index is 12.5. The van der Waals surface area contributed by atoms with Crippen LogP contribution in [0, 0.1) is 6.92 Å². The van der Waals surface area contributed by atoms with E-state index in [0.717, 1.165) is 29.8 Å². The van der Waals surface area contributed by atoms with Crippen molar-refractivity contribution in [2.45, 2.75) is 85.4 Å². The van der Waals surface area contributed by atoms with Crippen molar-refractivity contribution in [2.24, 2.45) is 15.7 Å². The van der Waals surface area contributed by atoms with Crippen molar-refractivity contribution < 1.29 is 19.0 Å². The number of ether oxygens (including phenoxy) is 3. The Balaban J connectivity index is 1.92. The number of aliphatic imine (C=N–C) groups is 2. The molecular formula is C31H45N3O4. The molecule has 0 unspecified atom stereocenters. The fraction of sp³-hybridized carbons (Fsp3) is 0.516. The summed E-state index contributed by atoms with van der Waals surface area (Å²) in [5.74, 6) is 1.52. The number of nitrogens with zero attached hydrogens (tertiary/aromatic N) is 2. The quantitative estimate of drug-likeness (QED) is 0.154. The van der Waals surface area contributed by atoms with Gasteiger partial charge in [0, 0.05) is 19.4 Å². The molecule has 0 aliphatic carbocycles. The zero-order valence-corrected chi connectivity index (χ0v) is 24.2. The van der Waals surface area contributed by atoms with E-state index < -0.39 is 17.2 Å². The number of hydrogen-bond acceptors (Lipinski definition) is 5. The van der Waals surface area contributed by atoms with E-state index in [1.807, 2.05) is 52.0 Å². The molecule has 2 N–H and O–H groups in total. The fourth-order valence-electron chi connectivity index (χ4n) is 3.56. The van der Waals surface area contributed by atoms with Gasteiger partial charge in [-0.3, -0.25) is 4.99 Å². The van der Waals surface area contributed by atoms with Gasteiger partial charge in [0.05, 0.1) is 13.2 Å². The van der Waals surface area contributed by atoms with Crippen molar-refractivity contribution in [1.82, 2.24) is 0 Å². The Labute approximate surface area is 228 Å². The molecule has 0 spiro atoms. The normalized spacial score (nSPS) is 12.9. The Bertz CT molecular complexity index is 1070. The zero-order chi connectivity index (χ0) is 28.2. The molecule has 7 heteroatoms. The predicted molar refractivity (Wildman–Crippen MR) is 155 cm³/mol. The van der Waals surface area contributed by atoms with E-state index in [2.05, 4.69) is 41.2 Å². The highest BCUT2D eigenvalue weighted by Gasteiger charge is 2.34. The molecule has 0 aromatic heterocycles. The third-order valence-electron chi connectivity index (χ3n) is 5.57. The van der Waals surface area contributed by atoms with Crippen molar-refractivity contribution in [3.8, 4) is 5.75 Å². The Morgan fingerprint density at radius 3 is 2.18 bits per heavy atom. The summed E-state index contributed by atoms with van der Waals surface area (Å²) >= 11 is 0. The second-order valence-electron chi connectivity index (χ2n) is 10.9. The molecule has 208 valence electrons. The lowest BCUT2D eigenvalue weighted by molar-refractivity contribution is -0.170. The van der Waals surface area contributed by atoms with Gasteiger partial charge in [-0.2, -0.15) is 0 Å². The third-order valence-corrected chi connectivity index (χ3v) is 5.57. The molecule has 0 saturated carbocycles. The van der Waals surface area contributed by atoms with Crippen LogP contribution in [-0.2, 0) is 27.1 Å². The number of rotatable bonds is 13. The highest BCUT2D eigenvalue weighted by atomic mass is 16.6. The summed E-state index contributed by atoms with van der Waals surface area (Å²) in [5, 5.41) is 0. The largest absolute Gasteiger partial charge is 0.476 e. The molecule has 0 bridgehead atoms. The first kappa shape index (κ1) is 31.0. The van der Waals surface area contributed by atoms with Gasteiger partial charge in [-0.25, -0.2) is 9.79 Å². The SMILES string of the molecule is CCOCCN=C(Cc1ccc(C)cc1)N=C(N)CCCc1ccc(OC(C)(C)C(=O)OC(C)(C)C)cc1. The number of esters is 1. The molecule has 0 atom stereocenters. The Kier molecular flexibility index (Phi) is 12.0. The third kappa shape index (κ3) is 11.9. The van der Waals surface area contributed by atoms with Gasteiger partial charge in [0.15, 0.2) is 5.60 Å². The number of nitrogens with two attached hydrogens (primary N) is 1. The highest BCUT2D eigenvalue weighted by Crippen LogP contribution is 2.23. The topological polar surface area (TPSA) is 95.5 Å². The molecule has 0 heterocycles. The van der Waals surface area contributed by atoms with E-state index in [4.69, 9.17) is 19.9 Å². The smallest absolute Gasteiger partial charge is 0.350 e. The first-order chi connectivity index (χ1) is 17.9. The van der Waals surface area contributed by atoms with Crippen molar-refractivity contribution in [2.75, 3.05) is 19.8 Å². The van der Waals surface area contributed by atoms with Crippen LogP contribution in [0.2, 0.25) is 0 Å². The lowest BCUT2D eigenvalue weighted by atomic mass is 10.1. The van der Waals surface area contributed by atoms with E-state index in [9.17, 15) is 4.79 Å². The van der Waals surface area contributed by atoms with Crippen molar-refractivity contribution >= 4 is 17.6 Å². The maximum Gasteiger partial charge on any atom is 0.350 e. The molecule has 2 rings (SSSR count). The number of benzene rings is 2. The van der Waals surface area contributed by atoms with Crippen LogP contribution in [-0.4, -0.2) is 48.6 Å². The molecule has 2 aromatic carbocycles. The van der Waals surface area contributed by atoms with Crippen LogP contribution in [0.1, 0.15) is 71.1 Å². The molecule has 7 nitrogen and oxygen atoms in total. The molecule has 38 heavy (non-hydrogen) atoms. The minimum atomic E-state index is -1.08. The number of carbonyl (C=O) groups excluding carboxylic acids is 1. The summed E-state index contributed by atoms with van der Waals surface area (Å²) in [4.78, 5) is 21.7. The summed E-state index contributed by atoms with van der Waals surface area (Å²) < 4.78 is 16.8. The summed E-state index contributed by atoms with van der Waals surface area (Å²) in [6.45, 7) is 14.8. The van der Waals surface area contributed by atoms with Gasteiger partial charge in [0.2, 0.25) is 0 Å². The fourth-order valence-corrected chi connectivity index (χ4v) is 3.56. The van der Waals surface area contributed by atoms with Gasteiger partial charge in [0.1, 0.15) is 23.0 Å². The molecule has 0 amide bonds. The van der Waals surface area contributed by atoms with Gasteiger partial charge in [0.25, 0.3) is 0 Å². The Hall–Kier alpha value is -3.19. The van der Waals surface area contributed by atoms with E-state index in [1.54, 1.807) is 13.8 Å². The summed E-state index contributed by atoms with van der Waals surface area (Å²) in [6, 6.07) is 16.2. The molecule has 0 saturated heterocycles. The first-order valence-corrected chi connectivity index (χ1v) is 13.4. The minimum Gasteiger partial charge on any atom is -0.476 e. The maximum absolute atomic E-state index is 12.5. The number of amidine groups is 2.